The van der Waals surface area contributed by atoms with Gasteiger partial charge in [0.1, 0.15) is 34.6 Å². The summed E-state index contributed by atoms with van der Waals surface area (Å²) in [6, 6.07) is 12.7. The van der Waals surface area contributed by atoms with E-state index in [1.807, 2.05) is 0 Å². The minimum atomic E-state index is -0.960. The fourth-order valence-electron chi connectivity index (χ4n) is 3.65. The van der Waals surface area contributed by atoms with Crippen LogP contribution in [0.2, 0.25) is 0 Å². The van der Waals surface area contributed by atoms with Gasteiger partial charge in [-0.25, -0.2) is 28.0 Å². The summed E-state index contributed by atoms with van der Waals surface area (Å²) in [5.74, 6) is -4.12. The van der Waals surface area contributed by atoms with Crippen LogP contribution >= 0.6 is 0 Å². The highest BCUT2D eigenvalue weighted by Gasteiger charge is 2.17. The summed E-state index contributed by atoms with van der Waals surface area (Å²) in [5, 5.41) is 0. The molecule has 242 valence electrons. The quantitative estimate of drug-likeness (QED) is 0.0691. The van der Waals surface area contributed by atoms with Gasteiger partial charge in [0.25, 0.3) is 0 Å². The second kappa shape index (κ2) is 18.3. The normalized spacial score (nSPS) is 10.3. The number of carbonyl (C=O) groups is 4. The summed E-state index contributed by atoms with van der Waals surface area (Å²) < 4.78 is 60.2. The Bertz CT molecular complexity index is 1420. The zero-order valence-corrected chi connectivity index (χ0v) is 24.8. The van der Waals surface area contributed by atoms with E-state index in [9.17, 15) is 28.0 Å². The van der Waals surface area contributed by atoms with Crippen LogP contribution in [0.5, 0.6) is 23.0 Å². The van der Waals surface area contributed by atoms with Crippen LogP contribution in [0.25, 0.3) is 0 Å². The Morgan fingerprint density at radius 3 is 1.24 bits per heavy atom. The molecule has 0 unspecified atom stereocenters. The van der Waals surface area contributed by atoms with Gasteiger partial charge < -0.3 is 28.4 Å². The minimum absolute atomic E-state index is 0.0493. The highest BCUT2D eigenvalue weighted by molar-refractivity contribution is 5.92. The van der Waals surface area contributed by atoms with Gasteiger partial charge in [-0.05, 0) is 74.2 Å². The second-order valence-electron chi connectivity index (χ2n) is 9.39. The van der Waals surface area contributed by atoms with Gasteiger partial charge in [-0.15, -0.1) is 0 Å². The van der Waals surface area contributed by atoms with E-state index in [0.29, 0.717) is 25.7 Å². The van der Waals surface area contributed by atoms with Crippen molar-refractivity contribution in [2.45, 2.75) is 25.7 Å². The molecule has 0 heterocycles. The minimum Gasteiger partial charge on any atom is -0.493 e. The van der Waals surface area contributed by atoms with Crippen molar-refractivity contribution in [3.63, 3.8) is 0 Å². The molecular weight excluding hydrogens is 606 g/mol. The maximum Gasteiger partial charge on any atom is 0.346 e. The van der Waals surface area contributed by atoms with E-state index in [-0.39, 0.29) is 60.6 Å². The van der Waals surface area contributed by atoms with Crippen molar-refractivity contribution in [3.05, 3.63) is 109 Å². The molecule has 0 aliphatic rings. The van der Waals surface area contributed by atoms with Gasteiger partial charge >= 0.3 is 23.9 Å². The van der Waals surface area contributed by atoms with E-state index in [4.69, 9.17) is 28.4 Å². The number of carbonyl (C=O) groups excluding carboxylic acids is 4. The molecule has 0 saturated heterocycles. The maximum atomic E-state index is 14.6. The van der Waals surface area contributed by atoms with Crippen LogP contribution in [0.15, 0.2) is 86.0 Å². The van der Waals surface area contributed by atoms with Crippen molar-refractivity contribution in [1.29, 1.82) is 0 Å². The van der Waals surface area contributed by atoms with E-state index in [1.54, 1.807) is 0 Å². The summed E-state index contributed by atoms with van der Waals surface area (Å²) in [5.41, 5.74) is -0.646. The Morgan fingerprint density at radius 1 is 0.543 bits per heavy atom. The average Bonchev–Trinajstić information content (AvgIpc) is 3.04. The highest BCUT2D eigenvalue weighted by Crippen LogP contribution is 2.23. The van der Waals surface area contributed by atoms with Crippen molar-refractivity contribution >= 4 is 23.9 Å². The van der Waals surface area contributed by atoms with Crippen LogP contribution in [0.4, 0.5) is 8.78 Å². The zero-order chi connectivity index (χ0) is 33.3. The highest BCUT2D eigenvalue weighted by atomic mass is 19.1. The van der Waals surface area contributed by atoms with Crippen molar-refractivity contribution in [1.82, 2.24) is 0 Å². The van der Waals surface area contributed by atoms with Crippen LogP contribution in [0, 0.1) is 11.6 Å². The molecule has 0 aliphatic heterocycles. The lowest BCUT2D eigenvalue weighted by molar-refractivity contribution is -0.138. The molecule has 10 nitrogen and oxygen atoms in total. The Hall–Kier alpha value is -5.52. The number of halogens is 2. The molecule has 0 radical (unpaired) electrons. The fraction of sp³-hybridized carbons (Fsp3) is 0.235. The number of esters is 4. The molecule has 12 heteroatoms. The zero-order valence-electron chi connectivity index (χ0n) is 24.8. The molecule has 3 rings (SSSR count). The summed E-state index contributed by atoms with van der Waals surface area (Å²) in [6.07, 6.45) is 4.34. The van der Waals surface area contributed by atoms with Crippen LogP contribution in [0.1, 0.15) is 46.4 Å². The lowest BCUT2D eigenvalue weighted by Crippen LogP contribution is -2.12. The van der Waals surface area contributed by atoms with Crippen molar-refractivity contribution in [3.8, 4) is 23.0 Å². The number of ether oxygens (including phenoxy) is 6. The van der Waals surface area contributed by atoms with Crippen LogP contribution in [0.3, 0.4) is 0 Å². The predicted octanol–water partition coefficient (Wildman–Crippen LogP) is 6.18. The van der Waals surface area contributed by atoms with Crippen LogP contribution in [-0.4, -0.2) is 50.3 Å². The summed E-state index contributed by atoms with van der Waals surface area (Å²) in [4.78, 5) is 47.0. The molecular formula is C34H32F2O10. The van der Waals surface area contributed by atoms with E-state index in [2.05, 4.69) is 13.2 Å². The Morgan fingerprint density at radius 2 is 0.891 bits per heavy atom. The van der Waals surface area contributed by atoms with Gasteiger partial charge in [0.05, 0.1) is 37.6 Å². The molecule has 0 atom stereocenters. The molecule has 3 aromatic rings. The van der Waals surface area contributed by atoms with E-state index in [1.165, 1.54) is 48.5 Å². The number of rotatable bonds is 18. The van der Waals surface area contributed by atoms with Gasteiger partial charge in [0.15, 0.2) is 0 Å². The van der Waals surface area contributed by atoms with Crippen LogP contribution in [-0.2, 0) is 19.1 Å². The van der Waals surface area contributed by atoms with E-state index >= 15 is 0 Å². The third-order valence-corrected chi connectivity index (χ3v) is 6.00. The first-order chi connectivity index (χ1) is 22.2. The molecule has 0 amide bonds. The summed E-state index contributed by atoms with van der Waals surface area (Å²) >= 11 is 0. The predicted molar refractivity (Wildman–Crippen MR) is 161 cm³/mol. The SMILES string of the molecule is C=CC(=O)OCCCCOc1ccc(C(=O)Oc2ccc(OC(=O)c3ccc(OCCCCOC(=O)C=C)cc3F)cc2)c(F)c1. The Kier molecular flexibility index (Phi) is 13.9. The smallest absolute Gasteiger partial charge is 0.346 e. The summed E-state index contributed by atoms with van der Waals surface area (Å²) in [7, 11) is 0. The fourth-order valence-corrected chi connectivity index (χ4v) is 3.65. The Balaban J connectivity index is 1.44. The molecule has 3 aromatic carbocycles. The number of benzene rings is 3. The molecule has 0 spiro atoms. The van der Waals surface area contributed by atoms with Crippen molar-refractivity contribution in [2.75, 3.05) is 26.4 Å². The Labute approximate surface area is 264 Å². The standard InChI is InChI=1S/C34H32F2O10/c1-3-31(37)43-19-7-5-17-41-25-13-15-27(29(35)21-25)33(39)45-23-9-11-24(12-10-23)46-34(40)28-16-14-26(22-30(28)36)42-18-6-8-20-44-32(38)4-2/h3-4,9-16,21-22H,1-2,5-8,17-20H2. The van der Waals surface area contributed by atoms with Gasteiger partial charge in [-0.3, -0.25) is 0 Å². The van der Waals surface area contributed by atoms with Gasteiger partial charge in [0.2, 0.25) is 0 Å². The first kappa shape index (κ1) is 35.0. The average molecular weight is 639 g/mol. The number of hydrogen-bond donors (Lipinski definition) is 0. The molecule has 0 N–H and O–H groups in total. The molecule has 46 heavy (non-hydrogen) atoms. The van der Waals surface area contributed by atoms with Gasteiger partial charge in [0, 0.05) is 24.3 Å². The van der Waals surface area contributed by atoms with Gasteiger partial charge in [-0.1, -0.05) is 13.2 Å². The number of unbranched alkanes of at least 4 members (excludes halogenated alkanes) is 2. The van der Waals surface area contributed by atoms with Crippen LogP contribution < -0.4 is 18.9 Å². The lowest BCUT2D eigenvalue weighted by atomic mass is 10.2. The van der Waals surface area contributed by atoms with E-state index < -0.39 is 35.5 Å². The van der Waals surface area contributed by atoms with Crippen molar-refractivity contribution in [2.24, 2.45) is 0 Å². The molecule has 0 saturated carbocycles. The van der Waals surface area contributed by atoms with Gasteiger partial charge in [-0.2, -0.15) is 0 Å². The lowest BCUT2D eigenvalue weighted by Gasteiger charge is -2.10. The first-order valence-electron chi connectivity index (χ1n) is 14.2. The first-order valence-corrected chi connectivity index (χ1v) is 14.2. The second-order valence-corrected chi connectivity index (χ2v) is 9.39. The van der Waals surface area contributed by atoms with Crippen molar-refractivity contribution < 1.29 is 56.4 Å². The summed E-state index contributed by atoms with van der Waals surface area (Å²) in [6.45, 7) is 7.52. The molecule has 0 bridgehead atoms. The molecule has 0 aliphatic carbocycles. The third-order valence-electron chi connectivity index (χ3n) is 6.00. The molecule has 0 aromatic heterocycles. The maximum absolute atomic E-state index is 14.6. The topological polar surface area (TPSA) is 124 Å². The molecule has 0 fully saturated rings. The van der Waals surface area contributed by atoms with E-state index in [0.717, 1.165) is 24.3 Å². The largest absolute Gasteiger partial charge is 0.493 e. The number of hydrogen-bond acceptors (Lipinski definition) is 10. The third kappa shape index (κ3) is 11.5. The monoisotopic (exact) mass is 638 g/mol.